The molecule has 0 saturated heterocycles. The molecule has 0 fully saturated rings. The van der Waals surface area contributed by atoms with Gasteiger partial charge in [-0.2, -0.15) is 13.2 Å². The summed E-state index contributed by atoms with van der Waals surface area (Å²) in [5.41, 5.74) is 6.32. The Labute approximate surface area is 134 Å². The van der Waals surface area contributed by atoms with E-state index in [-0.39, 0.29) is 0 Å². The first-order valence-electron chi connectivity index (χ1n) is 7.01. The van der Waals surface area contributed by atoms with Gasteiger partial charge in [-0.3, -0.25) is 4.79 Å². The van der Waals surface area contributed by atoms with Crippen LogP contribution in [0.3, 0.4) is 0 Å². The highest BCUT2D eigenvalue weighted by atomic mass is 19.4. The summed E-state index contributed by atoms with van der Waals surface area (Å²) in [7, 11) is 0. The summed E-state index contributed by atoms with van der Waals surface area (Å²) in [5.74, 6) is -0.0870. The fourth-order valence-electron chi connectivity index (χ4n) is 2.30. The highest BCUT2D eigenvalue weighted by Crippen LogP contribution is 2.29. The number of amides is 1. The molecule has 3 N–H and O–H groups in total. The molecule has 3 rings (SSSR count). The molecule has 0 aliphatic rings. The lowest BCUT2D eigenvalue weighted by Gasteiger charge is -2.09. The number of hydrogen-bond donors (Lipinski definition) is 2. The zero-order valence-electron chi connectivity index (χ0n) is 12.3. The van der Waals surface area contributed by atoms with Gasteiger partial charge in [0, 0.05) is 6.54 Å². The summed E-state index contributed by atoms with van der Waals surface area (Å²) in [4.78, 5) is 15.5. The van der Waals surface area contributed by atoms with Gasteiger partial charge in [0.15, 0.2) is 0 Å². The van der Waals surface area contributed by atoms with Crippen LogP contribution in [0.1, 0.15) is 21.6 Å². The van der Waals surface area contributed by atoms with Crippen LogP contribution >= 0.6 is 0 Å². The van der Waals surface area contributed by atoms with Gasteiger partial charge in [-0.05, 0) is 29.8 Å². The average Bonchev–Trinajstić information content (AvgIpc) is 2.96. The van der Waals surface area contributed by atoms with Crippen LogP contribution in [0.15, 0.2) is 48.8 Å². The van der Waals surface area contributed by atoms with Crippen LogP contribution in [0.2, 0.25) is 0 Å². The quantitative estimate of drug-likeness (QED) is 0.770. The molecule has 3 aromatic rings. The van der Waals surface area contributed by atoms with Crippen LogP contribution < -0.4 is 11.1 Å². The highest BCUT2D eigenvalue weighted by molar-refractivity contribution is 5.92. The van der Waals surface area contributed by atoms with E-state index in [2.05, 4.69) is 10.3 Å². The molecule has 124 valence electrons. The second-order valence-electron chi connectivity index (χ2n) is 5.20. The van der Waals surface area contributed by atoms with Gasteiger partial charge in [0.25, 0.3) is 5.91 Å². The Morgan fingerprint density at radius 1 is 1.17 bits per heavy atom. The number of anilines is 1. The predicted molar refractivity (Wildman–Crippen MR) is 82.5 cm³/mol. The summed E-state index contributed by atoms with van der Waals surface area (Å²) in [6, 6.07) is 8.18. The van der Waals surface area contributed by atoms with E-state index in [0.29, 0.717) is 29.1 Å². The number of carbonyl (C=O) groups excluding carboxylic acids is 1. The van der Waals surface area contributed by atoms with Crippen molar-refractivity contribution in [2.75, 3.05) is 5.32 Å². The maximum absolute atomic E-state index is 12.5. The molecule has 0 bridgehead atoms. The molecule has 1 aromatic carbocycles. The van der Waals surface area contributed by atoms with E-state index in [1.165, 1.54) is 12.1 Å². The lowest BCUT2D eigenvalue weighted by Crippen LogP contribution is -2.14. The fourth-order valence-corrected chi connectivity index (χ4v) is 2.30. The number of nitrogens with two attached hydrogens (primary N) is 1. The fraction of sp³-hybridized carbons (Fsp3) is 0.125. The predicted octanol–water partition coefficient (Wildman–Crippen LogP) is 3.06. The Kier molecular flexibility index (Phi) is 3.88. The standard InChI is InChI=1S/C16H13F3N4O/c17-16(18,19)11-3-1-10(2-4-11)7-21-14-9-23-12(8-22-14)5-6-13(23)15(20)24/h1-6,8-9,21H,7H2,(H2,20,24). The van der Waals surface area contributed by atoms with Gasteiger partial charge in [-0.15, -0.1) is 0 Å². The third-order valence-corrected chi connectivity index (χ3v) is 3.54. The Hall–Kier alpha value is -3.03. The van der Waals surface area contributed by atoms with Gasteiger partial charge in [0.05, 0.1) is 23.5 Å². The normalized spacial score (nSPS) is 11.6. The summed E-state index contributed by atoms with van der Waals surface area (Å²) >= 11 is 0. The summed E-state index contributed by atoms with van der Waals surface area (Å²) < 4.78 is 39.2. The van der Waals surface area contributed by atoms with Gasteiger partial charge in [-0.1, -0.05) is 12.1 Å². The molecule has 0 aliphatic carbocycles. The van der Waals surface area contributed by atoms with Gasteiger partial charge < -0.3 is 15.5 Å². The minimum atomic E-state index is -4.35. The first-order chi connectivity index (χ1) is 11.3. The third kappa shape index (κ3) is 3.17. The number of nitrogens with one attached hydrogen (secondary N) is 1. The van der Waals surface area contributed by atoms with Crippen LogP contribution in [-0.4, -0.2) is 15.3 Å². The van der Waals surface area contributed by atoms with Crippen molar-refractivity contribution in [1.82, 2.24) is 9.38 Å². The molecule has 2 heterocycles. The van der Waals surface area contributed by atoms with Crippen LogP contribution in [0.5, 0.6) is 0 Å². The molecule has 24 heavy (non-hydrogen) atoms. The number of halogens is 3. The molecule has 2 aromatic heterocycles. The molecule has 0 unspecified atom stereocenters. The zero-order valence-corrected chi connectivity index (χ0v) is 12.3. The SMILES string of the molecule is NC(=O)c1ccc2cnc(NCc3ccc(C(F)(F)F)cc3)cn12. The number of nitrogens with zero attached hydrogens (tertiary/aromatic N) is 2. The minimum Gasteiger partial charge on any atom is -0.365 e. The number of benzene rings is 1. The van der Waals surface area contributed by atoms with Crippen molar-refractivity contribution < 1.29 is 18.0 Å². The lowest BCUT2D eigenvalue weighted by molar-refractivity contribution is -0.137. The smallest absolute Gasteiger partial charge is 0.365 e. The lowest BCUT2D eigenvalue weighted by atomic mass is 10.1. The van der Waals surface area contributed by atoms with Crippen molar-refractivity contribution in [2.45, 2.75) is 12.7 Å². The van der Waals surface area contributed by atoms with Crippen LogP contribution in [-0.2, 0) is 12.7 Å². The van der Waals surface area contributed by atoms with E-state index in [4.69, 9.17) is 5.73 Å². The Morgan fingerprint density at radius 3 is 2.50 bits per heavy atom. The second-order valence-corrected chi connectivity index (χ2v) is 5.20. The molecule has 5 nitrogen and oxygen atoms in total. The number of fused-ring (bicyclic) bond motifs is 1. The van der Waals surface area contributed by atoms with E-state index in [0.717, 1.165) is 12.1 Å². The molecule has 0 aliphatic heterocycles. The maximum Gasteiger partial charge on any atom is 0.416 e. The first kappa shape index (κ1) is 15.9. The maximum atomic E-state index is 12.5. The molecule has 8 heteroatoms. The van der Waals surface area contributed by atoms with Crippen molar-refractivity contribution in [3.63, 3.8) is 0 Å². The van der Waals surface area contributed by atoms with Gasteiger partial charge in [-0.25, -0.2) is 4.98 Å². The third-order valence-electron chi connectivity index (χ3n) is 3.54. The molecular formula is C16H13F3N4O. The van der Waals surface area contributed by atoms with Crippen molar-refractivity contribution >= 4 is 17.2 Å². The van der Waals surface area contributed by atoms with E-state index < -0.39 is 17.6 Å². The van der Waals surface area contributed by atoms with Crippen molar-refractivity contribution in [2.24, 2.45) is 5.73 Å². The minimum absolute atomic E-state index is 0.295. The first-order valence-corrected chi connectivity index (χ1v) is 7.01. The molecule has 0 spiro atoms. The topological polar surface area (TPSA) is 72.4 Å². The van der Waals surface area contributed by atoms with Crippen molar-refractivity contribution in [3.05, 3.63) is 65.6 Å². The second kappa shape index (κ2) is 5.88. The van der Waals surface area contributed by atoms with E-state index in [1.807, 2.05) is 0 Å². The number of rotatable bonds is 4. The zero-order chi connectivity index (χ0) is 17.3. The van der Waals surface area contributed by atoms with Crippen LogP contribution in [0.4, 0.5) is 19.0 Å². The number of carbonyl (C=O) groups is 1. The van der Waals surface area contributed by atoms with Gasteiger partial charge in [0.2, 0.25) is 0 Å². The number of hydrogen-bond acceptors (Lipinski definition) is 3. The molecular weight excluding hydrogens is 321 g/mol. The largest absolute Gasteiger partial charge is 0.416 e. The van der Waals surface area contributed by atoms with Crippen molar-refractivity contribution in [3.8, 4) is 0 Å². The monoisotopic (exact) mass is 334 g/mol. The Balaban J connectivity index is 1.76. The number of primary amides is 1. The molecule has 0 radical (unpaired) electrons. The Morgan fingerprint density at radius 2 is 1.88 bits per heavy atom. The summed E-state index contributed by atoms with van der Waals surface area (Å²) in [6.45, 7) is 0.295. The van der Waals surface area contributed by atoms with Crippen molar-refractivity contribution in [1.29, 1.82) is 0 Å². The van der Waals surface area contributed by atoms with Gasteiger partial charge >= 0.3 is 6.18 Å². The molecule has 1 amide bonds. The Bertz CT molecular complexity index is 884. The number of alkyl halides is 3. The summed E-state index contributed by atoms with van der Waals surface area (Å²) in [6.07, 6.45) is -1.17. The molecule has 0 atom stereocenters. The molecule has 0 saturated carbocycles. The van der Waals surface area contributed by atoms with Gasteiger partial charge in [0.1, 0.15) is 11.5 Å². The van der Waals surface area contributed by atoms with Crippen LogP contribution in [0.25, 0.3) is 5.52 Å². The summed E-state index contributed by atoms with van der Waals surface area (Å²) in [5, 5.41) is 3.00. The van der Waals surface area contributed by atoms with E-state index >= 15 is 0 Å². The average molecular weight is 334 g/mol. The van der Waals surface area contributed by atoms with E-state index in [1.54, 1.807) is 28.9 Å². The van der Waals surface area contributed by atoms with Crippen LogP contribution in [0, 0.1) is 0 Å². The van der Waals surface area contributed by atoms with E-state index in [9.17, 15) is 18.0 Å². The number of aromatic nitrogens is 2. The highest BCUT2D eigenvalue weighted by Gasteiger charge is 2.29.